The third-order valence-electron chi connectivity index (χ3n) is 6.19. The van der Waals surface area contributed by atoms with Gasteiger partial charge in [-0.1, -0.05) is 58.9 Å². The number of nitrogens with one attached hydrogen (secondary N) is 1. The number of halogens is 1. The number of aromatic nitrogens is 2. The van der Waals surface area contributed by atoms with E-state index in [2.05, 4.69) is 47.6 Å². The Hall–Kier alpha value is -1.93. The Morgan fingerprint density at radius 2 is 1.77 bits per heavy atom. The summed E-state index contributed by atoms with van der Waals surface area (Å²) >= 11 is 3.52. The molecule has 8 heteroatoms. The van der Waals surface area contributed by atoms with Gasteiger partial charge in [-0.15, -0.1) is 0 Å². The van der Waals surface area contributed by atoms with Crippen molar-refractivity contribution in [1.29, 1.82) is 0 Å². The van der Waals surface area contributed by atoms with Crippen LogP contribution in [-0.2, 0) is 16.6 Å². The fourth-order valence-corrected chi connectivity index (χ4v) is 4.80. The van der Waals surface area contributed by atoms with Crippen LogP contribution < -0.4 is 5.76 Å². The normalized spacial score (nSPS) is 16.3. The van der Waals surface area contributed by atoms with Crippen molar-refractivity contribution in [1.82, 2.24) is 19.9 Å². The first-order chi connectivity index (χ1) is 14.9. The Labute approximate surface area is 192 Å². The molecule has 0 radical (unpaired) electrons. The Kier molecular flexibility index (Phi) is 8.49. The van der Waals surface area contributed by atoms with Gasteiger partial charge in [0.15, 0.2) is 5.82 Å². The maximum Gasteiger partial charge on any atom is 0.438 e. The first-order valence-electron chi connectivity index (χ1n) is 11.2. The average Bonchev–Trinajstić information content (AvgIpc) is 3.00. The van der Waals surface area contributed by atoms with Crippen LogP contribution >= 0.6 is 15.9 Å². The van der Waals surface area contributed by atoms with Gasteiger partial charge in [0.2, 0.25) is 5.91 Å². The molecule has 1 aliphatic rings. The van der Waals surface area contributed by atoms with Crippen molar-refractivity contribution in [3.63, 3.8) is 0 Å². The van der Waals surface area contributed by atoms with E-state index in [9.17, 15) is 9.59 Å². The standard InChI is InChI=1S/C23H33BrN4O3/c1-27(2)15-7-16-28(17-12-20-25-22(30)31-26-20)21(29)23(13-5-3-4-6-14-23)18-8-10-19(24)11-9-18/h8-11H,3-7,12-17H2,1-2H3,(H,25,26,30). The lowest BCUT2D eigenvalue weighted by Crippen LogP contribution is -2.48. The molecule has 1 saturated carbocycles. The Balaban J connectivity index is 1.87. The highest BCUT2D eigenvalue weighted by atomic mass is 79.9. The SMILES string of the molecule is CN(C)CCCN(CCc1noc(=O)[nH]1)C(=O)C1(c2ccc(Br)cc2)CCCCCC1. The van der Waals surface area contributed by atoms with Gasteiger partial charge in [-0.2, -0.15) is 0 Å². The summed E-state index contributed by atoms with van der Waals surface area (Å²) in [4.78, 5) is 32.1. The number of carbonyl (C=O) groups excluding carboxylic acids is 1. The molecule has 3 rings (SSSR count). The number of hydrogen-bond acceptors (Lipinski definition) is 5. The molecule has 1 aromatic carbocycles. The first kappa shape index (κ1) is 23.7. The third-order valence-corrected chi connectivity index (χ3v) is 6.72. The smallest absolute Gasteiger partial charge is 0.341 e. The number of hydrogen-bond donors (Lipinski definition) is 1. The second-order valence-electron chi connectivity index (χ2n) is 8.74. The molecular weight excluding hydrogens is 460 g/mol. The summed E-state index contributed by atoms with van der Waals surface area (Å²) < 4.78 is 5.65. The molecule has 1 fully saturated rings. The molecular formula is C23H33BrN4O3. The van der Waals surface area contributed by atoms with Crippen molar-refractivity contribution in [3.05, 3.63) is 50.7 Å². The minimum atomic E-state index is -0.560. The molecule has 170 valence electrons. The maximum atomic E-state index is 14.1. The highest BCUT2D eigenvalue weighted by Crippen LogP contribution is 2.40. The highest BCUT2D eigenvalue weighted by molar-refractivity contribution is 9.10. The predicted octanol–water partition coefficient (Wildman–Crippen LogP) is 3.74. The van der Waals surface area contributed by atoms with Crippen molar-refractivity contribution in [2.75, 3.05) is 33.7 Å². The number of nitrogens with zero attached hydrogens (tertiary/aromatic N) is 3. The molecule has 0 atom stereocenters. The van der Waals surface area contributed by atoms with Crippen LogP contribution in [0.25, 0.3) is 0 Å². The minimum absolute atomic E-state index is 0.196. The first-order valence-corrected chi connectivity index (χ1v) is 11.9. The summed E-state index contributed by atoms with van der Waals surface area (Å²) in [5.41, 5.74) is 0.613. The second kappa shape index (κ2) is 11.1. The lowest BCUT2D eigenvalue weighted by Gasteiger charge is -2.37. The number of rotatable bonds is 9. The molecule has 0 unspecified atom stereocenters. The van der Waals surface area contributed by atoms with E-state index in [1.807, 2.05) is 31.1 Å². The van der Waals surface area contributed by atoms with Gasteiger partial charge in [0.05, 0.1) is 5.41 Å². The number of amides is 1. The van der Waals surface area contributed by atoms with E-state index in [1.54, 1.807) is 0 Å². The summed E-state index contributed by atoms with van der Waals surface area (Å²) in [5.74, 6) is 0.117. The number of aromatic amines is 1. The fourth-order valence-electron chi connectivity index (χ4n) is 4.53. The van der Waals surface area contributed by atoms with E-state index in [4.69, 9.17) is 0 Å². The van der Waals surface area contributed by atoms with Gasteiger partial charge in [-0.3, -0.25) is 14.3 Å². The van der Waals surface area contributed by atoms with Gasteiger partial charge in [-0.05, 0) is 57.6 Å². The van der Waals surface area contributed by atoms with E-state index in [0.717, 1.165) is 48.7 Å². The Morgan fingerprint density at radius 3 is 2.35 bits per heavy atom. The molecule has 31 heavy (non-hydrogen) atoms. The Morgan fingerprint density at radius 1 is 1.10 bits per heavy atom. The quantitative estimate of drug-likeness (QED) is 0.539. The van der Waals surface area contributed by atoms with Gasteiger partial charge in [-0.25, -0.2) is 4.79 Å². The molecule has 1 heterocycles. The van der Waals surface area contributed by atoms with Crippen LogP contribution in [0.3, 0.4) is 0 Å². The number of H-pyrrole nitrogens is 1. The van der Waals surface area contributed by atoms with Gasteiger partial charge < -0.3 is 9.80 Å². The van der Waals surface area contributed by atoms with Gasteiger partial charge >= 0.3 is 5.76 Å². The third kappa shape index (κ3) is 6.29. The average molecular weight is 493 g/mol. The van der Waals surface area contributed by atoms with Crippen molar-refractivity contribution in [3.8, 4) is 0 Å². The zero-order valence-electron chi connectivity index (χ0n) is 18.5. The van der Waals surface area contributed by atoms with Crippen LogP contribution in [0.15, 0.2) is 38.1 Å². The van der Waals surface area contributed by atoms with Crippen molar-refractivity contribution < 1.29 is 9.32 Å². The number of carbonyl (C=O) groups is 1. The van der Waals surface area contributed by atoms with E-state index in [-0.39, 0.29) is 5.91 Å². The summed E-state index contributed by atoms with van der Waals surface area (Å²) in [6.07, 6.45) is 7.57. The molecule has 0 saturated heterocycles. The molecule has 7 nitrogen and oxygen atoms in total. The molecule has 2 aromatic rings. The summed E-state index contributed by atoms with van der Waals surface area (Å²) in [6, 6.07) is 8.26. The van der Waals surface area contributed by atoms with Crippen LogP contribution in [-0.4, -0.2) is 59.6 Å². The van der Waals surface area contributed by atoms with Crippen molar-refractivity contribution in [2.24, 2.45) is 0 Å². The lowest BCUT2D eigenvalue weighted by atomic mass is 9.73. The van der Waals surface area contributed by atoms with E-state index in [0.29, 0.717) is 25.3 Å². The van der Waals surface area contributed by atoms with Gasteiger partial charge in [0.1, 0.15) is 0 Å². The molecule has 1 aliphatic carbocycles. The summed E-state index contributed by atoms with van der Waals surface area (Å²) in [5, 5.41) is 3.77. The Bertz CT molecular complexity index is 883. The maximum absolute atomic E-state index is 14.1. The zero-order valence-corrected chi connectivity index (χ0v) is 20.1. The van der Waals surface area contributed by atoms with Gasteiger partial charge in [0.25, 0.3) is 0 Å². The van der Waals surface area contributed by atoms with E-state index < -0.39 is 11.2 Å². The predicted molar refractivity (Wildman–Crippen MR) is 124 cm³/mol. The lowest BCUT2D eigenvalue weighted by molar-refractivity contribution is -0.138. The zero-order chi connectivity index (χ0) is 22.3. The van der Waals surface area contributed by atoms with E-state index >= 15 is 0 Å². The molecule has 1 amide bonds. The van der Waals surface area contributed by atoms with Gasteiger partial charge in [0, 0.05) is 24.0 Å². The highest BCUT2D eigenvalue weighted by Gasteiger charge is 2.42. The molecule has 1 aromatic heterocycles. The second-order valence-corrected chi connectivity index (χ2v) is 9.66. The largest absolute Gasteiger partial charge is 0.438 e. The van der Waals surface area contributed by atoms with Crippen LogP contribution in [0.4, 0.5) is 0 Å². The molecule has 0 spiro atoms. The van der Waals surface area contributed by atoms with Crippen LogP contribution in [0, 0.1) is 0 Å². The number of benzene rings is 1. The summed E-state index contributed by atoms with van der Waals surface area (Å²) in [7, 11) is 4.09. The van der Waals surface area contributed by atoms with Crippen molar-refractivity contribution >= 4 is 21.8 Å². The van der Waals surface area contributed by atoms with Crippen LogP contribution in [0.1, 0.15) is 56.3 Å². The van der Waals surface area contributed by atoms with Crippen molar-refractivity contribution in [2.45, 2.75) is 56.8 Å². The minimum Gasteiger partial charge on any atom is -0.341 e. The topological polar surface area (TPSA) is 82.4 Å². The van der Waals surface area contributed by atoms with Crippen LogP contribution in [0.5, 0.6) is 0 Å². The molecule has 1 N–H and O–H groups in total. The fraction of sp³-hybridized carbons (Fsp3) is 0.609. The molecule has 0 bridgehead atoms. The van der Waals surface area contributed by atoms with Crippen LogP contribution in [0.2, 0.25) is 0 Å². The summed E-state index contributed by atoms with van der Waals surface area (Å²) in [6.45, 7) is 2.10. The van der Waals surface area contributed by atoms with E-state index in [1.165, 1.54) is 12.8 Å². The monoisotopic (exact) mass is 492 g/mol. The molecule has 0 aliphatic heterocycles.